The van der Waals surface area contributed by atoms with Gasteiger partial charge < -0.3 is 19.5 Å². The number of amides is 1. The smallest absolute Gasteiger partial charge is 0.255 e. The topological polar surface area (TPSA) is 82.6 Å². The van der Waals surface area contributed by atoms with E-state index in [2.05, 4.69) is 15.3 Å². The summed E-state index contributed by atoms with van der Waals surface area (Å²) in [5.41, 5.74) is 0.477. The quantitative estimate of drug-likeness (QED) is 0.856. The van der Waals surface area contributed by atoms with Crippen molar-refractivity contribution in [1.29, 1.82) is 0 Å². The molecule has 0 atom stereocenters. The van der Waals surface area contributed by atoms with Crippen LogP contribution >= 0.6 is 0 Å². The molecule has 138 valence electrons. The number of hydrogen-bond acceptors (Lipinski definition) is 6. The van der Waals surface area contributed by atoms with Gasteiger partial charge in [-0.1, -0.05) is 6.07 Å². The lowest BCUT2D eigenvalue weighted by Crippen LogP contribution is -2.39. The van der Waals surface area contributed by atoms with Crippen molar-refractivity contribution in [1.82, 2.24) is 15.3 Å². The molecule has 1 aliphatic carbocycles. The Morgan fingerprint density at radius 3 is 2.58 bits per heavy atom. The summed E-state index contributed by atoms with van der Waals surface area (Å²) in [7, 11) is 3.08. The van der Waals surface area contributed by atoms with E-state index in [-0.39, 0.29) is 18.1 Å². The molecule has 1 aliphatic rings. The highest BCUT2D eigenvalue weighted by Crippen LogP contribution is 2.31. The number of hydrogen-bond donors (Lipinski definition) is 1. The third-order valence-corrected chi connectivity index (χ3v) is 4.48. The van der Waals surface area contributed by atoms with Gasteiger partial charge in [-0.3, -0.25) is 9.78 Å². The van der Waals surface area contributed by atoms with Gasteiger partial charge in [0.2, 0.25) is 5.88 Å². The minimum atomic E-state index is -0.154. The summed E-state index contributed by atoms with van der Waals surface area (Å²) in [4.78, 5) is 20.8. The largest absolute Gasteiger partial charge is 0.493 e. The van der Waals surface area contributed by atoms with Gasteiger partial charge >= 0.3 is 0 Å². The van der Waals surface area contributed by atoms with E-state index in [0.717, 1.165) is 25.7 Å². The van der Waals surface area contributed by atoms with E-state index < -0.39 is 0 Å². The second-order valence-corrected chi connectivity index (χ2v) is 6.15. The molecule has 0 unspecified atom stereocenters. The van der Waals surface area contributed by atoms with Crippen molar-refractivity contribution in [2.45, 2.75) is 37.8 Å². The zero-order valence-corrected chi connectivity index (χ0v) is 15.0. The maximum Gasteiger partial charge on any atom is 0.255 e. The first-order chi connectivity index (χ1) is 12.7. The SMILES string of the molecule is COc1cccc(C(=O)NC2CCC(Oc3cnccn3)CC2)c1OC. The van der Waals surface area contributed by atoms with Crippen LogP contribution in [0.15, 0.2) is 36.8 Å². The number of rotatable bonds is 6. The molecule has 0 radical (unpaired) electrons. The first-order valence-corrected chi connectivity index (χ1v) is 8.65. The normalized spacial score (nSPS) is 19.5. The summed E-state index contributed by atoms with van der Waals surface area (Å²) < 4.78 is 16.4. The summed E-state index contributed by atoms with van der Waals surface area (Å²) in [5.74, 6) is 1.38. The average Bonchev–Trinajstić information content (AvgIpc) is 2.69. The molecule has 0 bridgehead atoms. The van der Waals surface area contributed by atoms with Crippen LogP contribution in [0, 0.1) is 0 Å². The van der Waals surface area contributed by atoms with Gasteiger partial charge in [0.1, 0.15) is 6.10 Å². The molecule has 1 fully saturated rings. The molecule has 1 aromatic carbocycles. The summed E-state index contributed by atoms with van der Waals surface area (Å²) in [6.45, 7) is 0. The van der Waals surface area contributed by atoms with E-state index in [1.165, 1.54) is 7.11 Å². The third-order valence-electron chi connectivity index (χ3n) is 4.48. The maximum atomic E-state index is 12.6. The molecular weight excluding hydrogens is 334 g/mol. The fraction of sp³-hybridized carbons (Fsp3) is 0.421. The van der Waals surface area contributed by atoms with Crippen molar-refractivity contribution in [3.05, 3.63) is 42.4 Å². The first-order valence-electron chi connectivity index (χ1n) is 8.65. The molecule has 7 nitrogen and oxygen atoms in total. The number of para-hydroxylation sites is 1. The van der Waals surface area contributed by atoms with E-state index in [4.69, 9.17) is 14.2 Å². The molecule has 0 aliphatic heterocycles. The lowest BCUT2D eigenvalue weighted by molar-refractivity contribution is 0.0886. The van der Waals surface area contributed by atoms with Gasteiger partial charge in [-0.2, -0.15) is 0 Å². The summed E-state index contributed by atoms with van der Waals surface area (Å²) in [5, 5.41) is 3.09. The van der Waals surface area contributed by atoms with E-state index in [9.17, 15) is 4.79 Å². The predicted molar refractivity (Wildman–Crippen MR) is 95.7 cm³/mol. The van der Waals surface area contributed by atoms with Gasteiger partial charge in [-0.15, -0.1) is 0 Å². The minimum Gasteiger partial charge on any atom is -0.493 e. The molecule has 0 saturated heterocycles. The number of methoxy groups -OCH3 is 2. The Balaban J connectivity index is 1.55. The molecule has 0 spiro atoms. The fourth-order valence-corrected chi connectivity index (χ4v) is 3.17. The van der Waals surface area contributed by atoms with Gasteiger partial charge in [0.25, 0.3) is 5.91 Å². The van der Waals surface area contributed by atoms with E-state index in [1.54, 1.807) is 43.9 Å². The fourth-order valence-electron chi connectivity index (χ4n) is 3.17. The standard InChI is InChI=1S/C19H23N3O4/c1-24-16-5-3-4-15(18(16)25-2)19(23)22-13-6-8-14(9-7-13)26-17-12-20-10-11-21-17/h3-5,10-14H,6-9H2,1-2H3,(H,22,23). The Kier molecular flexibility index (Phi) is 5.88. The van der Waals surface area contributed by atoms with Crippen molar-refractivity contribution in [2.24, 2.45) is 0 Å². The molecule has 1 heterocycles. The van der Waals surface area contributed by atoms with E-state index >= 15 is 0 Å². The van der Waals surface area contributed by atoms with Crippen LogP contribution in [0.25, 0.3) is 0 Å². The predicted octanol–water partition coefficient (Wildman–Crippen LogP) is 2.61. The zero-order chi connectivity index (χ0) is 18.4. The Labute approximate surface area is 152 Å². The zero-order valence-electron chi connectivity index (χ0n) is 15.0. The number of nitrogens with one attached hydrogen (secondary N) is 1. The number of carbonyl (C=O) groups excluding carboxylic acids is 1. The number of ether oxygens (including phenoxy) is 3. The highest BCUT2D eigenvalue weighted by molar-refractivity contribution is 5.98. The molecule has 3 rings (SSSR count). The molecule has 2 aromatic rings. The second-order valence-electron chi connectivity index (χ2n) is 6.15. The van der Waals surface area contributed by atoms with Crippen molar-refractivity contribution >= 4 is 5.91 Å². The minimum absolute atomic E-state index is 0.103. The van der Waals surface area contributed by atoms with E-state index in [1.807, 2.05) is 0 Å². The Bertz CT molecular complexity index is 731. The first kappa shape index (κ1) is 18.0. The number of nitrogens with zero attached hydrogens (tertiary/aromatic N) is 2. The van der Waals surface area contributed by atoms with Crippen LogP contribution in [-0.2, 0) is 0 Å². The number of carbonyl (C=O) groups is 1. The van der Waals surface area contributed by atoms with E-state index in [0.29, 0.717) is 22.9 Å². The summed E-state index contributed by atoms with van der Waals surface area (Å²) in [6.07, 6.45) is 8.36. The van der Waals surface area contributed by atoms with Gasteiger partial charge in [0.15, 0.2) is 11.5 Å². The lowest BCUT2D eigenvalue weighted by atomic mass is 9.92. The molecule has 1 saturated carbocycles. The van der Waals surface area contributed by atoms with Crippen LogP contribution in [0.4, 0.5) is 0 Å². The Morgan fingerprint density at radius 2 is 1.92 bits per heavy atom. The molecular formula is C19H23N3O4. The van der Waals surface area contributed by atoms with Gasteiger partial charge in [0, 0.05) is 18.4 Å². The molecule has 7 heteroatoms. The van der Waals surface area contributed by atoms with Crippen LogP contribution in [0.1, 0.15) is 36.0 Å². The van der Waals surface area contributed by atoms with Crippen molar-refractivity contribution in [3.8, 4) is 17.4 Å². The maximum absolute atomic E-state index is 12.6. The highest BCUT2D eigenvalue weighted by Gasteiger charge is 2.25. The second kappa shape index (κ2) is 8.51. The van der Waals surface area contributed by atoms with Crippen molar-refractivity contribution in [2.75, 3.05) is 14.2 Å². The third kappa shape index (κ3) is 4.22. The van der Waals surface area contributed by atoms with Crippen molar-refractivity contribution in [3.63, 3.8) is 0 Å². The van der Waals surface area contributed by atoms with Gasteiger partial charge in [-0.25, -0.2) is 4.98 Å². The summed E-state index contributed by atoms with van der Waals surface area (Å²) >= 11 is 0. The monoisotopic (exact) mass is 357 g/mol. The average molecular weight is 357 g/mol. The van der Waals surface area contributed by atoms with Crippen LogP contribution in [-0.4, -0.2) is 42.2 Å². The molecule has 1 aromatic heterocycles. The number of benzene rings is 1. The molecule has 1 N–H and O–H groups in total. The summed E-state index contributed by atoms with van der Waals surface area (Å²) in [6, 6.07) is 5.39. The lowest BCUT2D eigenvalue weighted by Gasteiger charge is -2.29. The molecule has 26 heavy (non-hydrogen) atoms. The van der Waals surface area contributed by atoms with Crippen LogP contribution in [0.3, 0.4) is 0 Å². The highest BCUT2D eigenvalue weighted by atomic mass is 16.5. The Morgan fingerprint density at radius 1 is 1.12 bits per heavy atom. The van der Waals surface area contributed by atoms with Crippen LogP contribution in [0.2, 0.25) is 0 Å². The van der Waals surface area contributed by atoms with Gasteiger partial charge in [-0.05, 0) is 37.8 Å². The van der Waals surface area contributed by atoms with Gasteiger partial charge in [0.05, 0.1) is 26.0 Å². The van der Waals surface area contributed by atoms with Crippen molar-refractivity contribution < 1.29 is 19.0 Å². The van der Waals surface area contributed by atoms with Crippen LogP contribution in [0.5, 0.6) is 17.4 Å². The number of aromatic nitrogens is 2. The van der Waals surface area contributed by atoms with Crippen LogP contribution < -0.4 is 19.5 Å². The Hall–Kier alpha value is -2.83. The molecule has 1 amide bonds.